The van der Waals surface area contributed by atoms with Crippen LogP contribution in [0.5, 0.6) is 0 Å². The molecule has 3 aromatic rings. The standard InChI is InChI=1S/C25H23NO3/c1-2-17-7-9-18(10-8-17)19-11-13-20(14-12-19)23(27)26-25(24(28)29)15-21-5-3-4-6-22(21)16-25/h3-14H,2,15-16H2,1H3,(H,26,27)(H,28,29). The van der Waals surface area contributed by atoms with Crippen LogP contribution in [0.15, 0.2) is 72.8 Å². The third-order valence-electron chi connectivity index (χ3n) is 5.71. The Labute approximate surface area is 170 Å². The summed E-state index contributed by atoms with van der Waals surface area (Å²) in [4.78, 5) is 24.9. The number of hydrogen-bond acceptors (Lipinski definition) is 2. The van der Waals surface area contributed by atoms with E-state index in [4.69, 9.17) is 0 Å². The van der Waals surface area contributed by atoms with E-state index in [0.717, 1.165) is 28.7 Å². The predicted octanol–water partition coefficient (Wildman–Crippen LogP) is 4.27. The fourth-order valence-electron chi connectivity index (χ4n) is 3.94. The second-order valence-electron chi connectivity index (χ2n) is 7.59. The molecule has 0 saturated heterocycles. The van der Waals surface area contributed by atoms with Gasteiger partial charge < -0.3 is 10.4 Å². The van der Waals surface area contributed by atoms with Gasteiger partial charge in [0.1, 0.15) is 5.54 Å². The van der Waals surface area contributed by atoms with Crippen molar-refractivity contribution in [2.75, 3.05) is 0 Å². The van der Waals surface area contributed by atoms with Crippen LogP contribution in [-0.2, 0) is 24.1 Å². The summed E-state index contributed by atoms with van der Waals surface area (Å²) in [6.07, 6.45) is 1.59. The highest BCUT2D eigenvalue weighted by Crippen LogP contribution is 2.31. The number of carbonyl (C=O) groups is 2. The zero-order valence-electron chi connectivity index (χ0n) is 16.3. The lowest BCUT2D eigenvalue weighted by atomic mass is 9.95. The Morgan fingerprint density at radius 3 is 1.86 bits per heavy atom. The summed E-state index contributed by atoms with van der Waals surface area (Å²) < 4.78 is 0. The van der Waals surface area contributed by atoms with Crippen LogP contribution in [0.3, 0.4) is 0 Å². The molecular weight excluding hydrogens is 362 g/mol. The molecule has 1 aliphatic carbocycles. The van der Waals surface area contributed by atoms with Crippen LogP contribution in [0, 0.1) is 0 Å². The van der Waals surface area contributed by atoms with Gasteiger partial charge in [0.25, 0.3) is 5.91 Å². The van der Waals surface area contributed by atoms with Gasteiger partial charge in [-0.05, 0) is 46.4 Å². The maximum atomic E-state index is 12.8. The van der Waals surface area contributed by atoms with Crippen molar-refractivity contribution in [2.45, 2.75) is 31.7 Å². The van der Waals surface area contributed by atoms with Crippen molar-refractivity contribution in [1.29, 1.82) is 0 Å². The van der Waals surface area contributed by atoms with E-state index >= 15 is 0 Å². The van der Waals surface area contributed by atoms with Crippen LogP contribution in [0.2, 0.25) is 0 Å². The number of amides is 1. The second kappa shape index (κ2) is 7.55. The molecule has 3 aromatic carbocycles. The molecule has 0 aliphatic heterocycles. The maximum absolute atomic E-state index is 12.8. The molecule has 1 amide bonds. The maximum Gasteiger partial charge on any atom is 0.330 e. The highest BCUT2D eigenvalue weighted by atomic mass is 16.4. The Morgan fingerprint density at radius 1 is 0.862 bits per heavy atom. The fraction of sp³-hybridized carbons (Fsp3) is 0.200. The molecular formula is C25H23NO3. The van der Waals surface area contributed by atoms with Gasteiger partial charge in [-0.2, -0.15) is 0 Å². The normalized spacial score (nSPS) is 14.2. The Morgan fingerprint density at radius 2 is 1.38 bits per heavy atom. The largest absolute Gasteiger partial charge is 0.479 e. The summed E-state index contributed by atoms with van der Waals surface area (Å²) in [6, 6.07) is 23.3. The third kappa shape index (κ3) is 3.66. The molecule has 4 rings (SSSR count). The minimum absolute atomic E-state index is 0.298. The lowest BCUT2D eigenvalue weighted by Gasteiger charge is -2.25. The quantitative estimate of drug-likeness (QED) is 0.689. The van der Waals surface area contributed by atoms with E-state index in [1.54, 1.807) is 12.1 Å². The highest BCUT2D eigenvalue weighted by Gasteiger charge is 2.45. The second-order valence-corrected chi connectivity index (χ2v) is 7.59. The molecule has 1 aliphatic rings. The molecule has 29 heavy (non-hydrogen) atoms. The first-order valence-electron chi connectivity index (χ1n) is 9.83. The summed E-state index contributed by atoms with van der Waals surface area (Å²) >= 11 is 0. The Balaban J connectivity index is 1.52. The number of nitrogens with one attached hydrogen (secondary N) is 1. The molecule has 0 unspecified atom stereocenters. The number of carboxylic acids is 1. The summed E-state index contributed by atoms with van der Waals surface area (Å²) in [5.41, 5.74) is 4.49. The van der Waals surface area contributed by atoms with Gasteiger partial charge in [0, 0.05) is 18.4 Å². The van der Waals surface area contributed by atoms with E-state index in [-0.39, 0.29) is 5.91 Å². The molecule has 0 aromatic heterocycles. The SMILES string of the molecule is CCc1ccc(-c2ccc(C(=O)NC3(C(=O)O)Cc4ccccc4C3)cc2)cc1. The molecule has 0 atom stereocenters. The fourth-order valence-corrected chi connectivity index (χ4v) is 3.94. The lowest BCUT2D eigenvalue weighted by molar-refractivity contribution is -0.144. The summed E-state index contributed by atoms with van der Waals surface area (Å²) in [7, 11) is 0. The van der Waals surface area contributed by atoms with E-state index in [9.17, 15) is 14.7 Å². The van der Waals surface area contributed by atoms with Crippen LogP contribution in [0.25, 0.3) is 11.1 Å². The van der Waals surface area contributed by atoms with Crippen molar-refractivity contribution in [2.24, 2.45) is 0 Å². The van der Waals surface area contributed by atoms with Crippen molar-refractivity contribution in [3.8, 4) is 11.1 Å². The smallest absolute Gasteiger partial charge is 0.330 e. The van der Waals surface area contributed by atoms with Gasteiger partial charge in [0.2, 0.25) is 0 Å². The van der Waals surface area contributed by atoms with Crippen LogP contribution in [-0.4, -0.2) is 22.5 Å². The Hall–Kier alpha value is -3.40. The minimum Gasteiger partial charge on any atom is -0.479 e. The first kappa shape index (κ1) is 18.9. The minimum atomic E-state index is -1.30. The van der Waals surface area contributed by atoms with Gasteiger partial charge in [-0.1, -0.05) is 67.6 Å². The number of benzene rings is 3. The summed E-state index contributed by atoms with van der Waals surface area (Å²) in [5, 5.41) is 12.6. The van der Waals surface area contributed by atoms with Crippen LogP contribution in [0.1, 0.15) is 34.0 Å². The number of rotatable bonds is 5. The molecule has 4 heteroatoms. The van der Waals surface area contributed by atoms with Gasteiger partial charge in [0.15, 0.2) is 0 Å². The molecule has 2 N–H and O–H groups in total. The average molecular weight is 385 g/mol. The topological polar surface area (TPSA) is 66.4 Å². The summed E-state index contributed by atoms with van der Waals surface area (Å²) in [5.74, 6) is -1.37. The Bertz CT molecular complexity index is 1030. The van der Waals surface area contributed by atoms with E-state index in [2.05, 4.69) is 36.5 Å². The van der Waals surface area contributed by atoms with Gasteiger partial charge in [-0.25, -0.2) is 4.79 Å². The van der Waals surface area contributed by atoms with Crippen LogP contribution >= 0.6 is 0 Å². The third-order valence-corrected chi connectivity index (χ3v) is 5.71. The molecule has 4 nitrogen and oxygen atoms in total. The van der Waals surface area contributed by atoms with Crippen molar-refractivity contribution in [3.63, 3.8) is 0 Å². The Kier molecular flexibility index (Phi) is 4.93. The average Bonchev–Trinajstić information content (AvgIpc) is 3.13. The van der Waals surface area contributed by atoms with Gasteiger partial charge in [-0.3, -0.25) is 4.79 Å². The number of hydrogen-bond donors (Lipinski definition) is 2. The van der Waals surface area contributed by atoms with Gasteiger partial charge in [0.05, 0.1) is 0 Å². The van der Waals surface area contributed by atoms with Crippen molar-refractivity contribution >= 4 is 11.9 Å². The molecule has 0 fully saturated rings. The number of carboxylic acid groups (broad SMARTS) is 1. The first-order chi connectivity index (χ1) is 14.0. The van der Waals surface area contributed by atoms with Crippen molar-refractivity contribution in [1.82, 2.24) is 5.32 Å². The van der Waals surface area contributed by atoms with Crippen molar-refractivity contribution in [3.05, 3.63) is 95.1 Å². The zero-order chi connectivity index (χ0) is 20.4. The number of aliphatic carboxylic acids is 1. The monoisotopic (exact) mass is 385 g/mol. The van der Waals surface area contributed by atoms with E-state index in [0.29, 0.717) is 18.4 Å². The molecule has 0 bridgehead atoms. The van der Waals surface area contributed by atoms with Gasteiger partial charge >= 0.3 is 5.97 Å². The predicted molar refractivity (Wildman–Crippen MR) is 113 cm³/mol. The zero-order valence-corrected chi connectivity index (χ0v) is 16.3. The van der Waals surface area contributed by atoms with Crippen LogP contribution in [0.4, 0.5) is 0 Å². The lowest BCUT2D eigenvalue weighted by Crippen LogP contribution is -2.55. The van der Waals surface area contributed by atoms with E-state index in [1.165, 1.54) is 5.56 Å². The molecule has 146 valence electrons. The first-order valence-corrected chi connectivity index (χ1v) is 9.83. The summed E-state index contributed by atoms with van der Waals surface area (Å²) in [6.45, 7) is 2.12. The number of fused-ring (bicyclic) bond motifs is 1. The molecule has 0 saturated carbocycles. The van der Waals surface area contributed by atoms with Crippen LogP contribution < -0.4 is 5.32 Å². The van der Waals surface area contributed by atoms with E-state index < -0.39 is 11.5 Å². The molecule has 0 heterocycles. The number of carbonyl (C=O) groups excluding carboxylic acids is 1. The highest BCUT2D eigenvalue weighted by molar-refractivity contribution is 5.98. The molecule has 0 spiro atoms. The number of aryl methyl sites for hydroxylation is 1. The van der Waals surface area contributed by atoms with Gasteiger partial charge in [-0.15, -0.1) is 0 Å². The molecule has 0 radical (unpaired) electrons. The van der Waals surface area contributed by atoms with Crippen molar-refractivity contribution < 1.29 is 14.7 Å². The van der Waals surface area contributed by atoms with E-state index in [1.807, 2.05) is 36.4 Å².